The molecule has 1 N–H and O–H groups in total. The second-order valence-corrected chi connectivity index (χ2v) is 7.50. The predicted molar refractivity (Wildman–Crippen MR) is 85.3 cm³/mol. The number of halogens is 1. The smallest absolute Gasteiger partial charge is 0.0386 e. The van der Waals surface area contributed by atoms with Crippen molar-refractivity contribution >= 4 is 39.0 Å². The molecular formula is C13H22BrNS2. The van der Waals surface area contributed by atoms with Crippen molar-refractivity contribution < 1.29 is 0 Å². The summed E-state index contributed by atoms with van der Waals surface area (Å²) < 4.78 is 1.58. The van der Waals surface area contributed by atoms with Gasteiger partial charge in [-0.15, -0.1) is 11.3 Å². The number of thioether (sulfide) groups is 1. The van der Waals surface area contributed by atoms with Gasteiger partial charge in [-0.1, -0.05) is 13.8 Å². The molecule has 0 radical (unpaired) electrons. The molecule has 17 heavy (non-hydrogen) atoms. The molecule has 1 aromatic heterocycles. The van der Waals surface area contributed by atoms with Crippen LogP contribution in [0, 0.1) is 0 Å². The minimum atomic E-state index is 0.392. The highest BCUT2D eigenvalue weighted by Crippen LogP contribution is 2.31. The Morgan fingerprint density at radius 3 is 2.53 bits per heavy atom. The summed E-state index contributed by atoms with van der Waals surface area (Å²) in [5.41, 5.74) is 0. The fourth-order valence-electron chi connectivity index (χ4n) is 1.86. The van der Waals surface area contributed by atoms with E-state index in [0.717, 1.165) is 6.54 Å². The van der Waals surface area contributed by atoms with E-state index >= 15 is 0 Å². The highest BCUT2D eigenvalue weighted by Gasteiger charge is 2.25. The molecule has 0 aromatic carbocycles. The fraction of sp³-hybridized carbons (Fsp3) is 0.692. The van der Waals surface area contributed by atoms with E-state index < -0.39 is 0 Å². The van der Waals surface area contributed by atoms with Crippen molar-refractivity contribution in [2.75, 3.05) is 12.8 Å². The van der Waals surface area contributed by atoms with Gasteiger partial charge in [0.25, 0.3) is 0 Å². The summed E-state index contributed by atoms with van der Waals surface area (Å²) in [5, 5.41) is 5.82. The average molecular weight is 336 g/mol. The first-order chi connectivity index (χ1) is 8.06. The molecule has 1 aromatic rings. The molecule has 4 heteroatoms. The van der Waals surface area contributed by atoms with Crippen molar-refractivity contribution in [1.82, 2.24) is 5.32 Å². The van der Waals surface area contributed by atoms with Gasteiger partial charge in [0.1, 0.15) is 0 Å². The Bertz CT molecular complexity index is 326. The Balaban J connectivity index is 2.55. The molecule has 1 nitrogen and oxygen atoms in total. The van der Waals surface area contributed by atoms with Gasteiger partial charge < -0.3 is 5.32 Å². The summed E-state index contributed by atoms with van der Waals surface area (Å²) in [5.74, 6) is 0. The van der Waals surface area contributed by atoms with Gasteiger partial charge in [0.05, 0.1) is 0 Å². The van der Waals surface area contributed by atoms with Crippen LogP contribution in [0.5, 0.6) is 0 Å². The third-order valence-electron chi connectivity index (χ3n) is 3.47. The van der Waals surface area contributed by atoms with Crippen LogP contribution in [-0.2, 0) is 0 Å². The van der Waals surface area contributed by atoms with Gasteiger partial charge in [0, 0.05) is 32.1 Å². The molecule has 98 valence electrons. The molecule has 0 amide bonds. The van der Waals surface area contributed by atoms with Gasteiger partial charge in [0.2, 0.25) is 0 Å². The van der Waals surface area contributed by atoms with Crippen LogP contribution in [0.4, 0.5) is 0 Å². The lowest BCUT2D eigenvalue weighted by Crippen LogP contribution is -2.37. The predicted octanol–water partition coefficient (Wildman–Crippen LogP) is 5.08. The van der Waals surface area contributed by atoms with E-state index in [1.165, 1.54) is 22.2 Å². The van der Waals surface area contributed by atoms with Crippen molar-refractivity contribution in [3.05, 3.63) is 20.8 Å². The number of rotatable bonds is 7. The van der Waals surface area contributed by atoms with Crippen LogP contribution in [0.2, 0.25) is 0 Å². The highest BCUT2D eigenvalue weighted by molar-refractivity contribution is 9.10. The van der Waals surface area contributed by atoms with Crippen LogP contribution in [0.3, 0.4) is 0 Å². The second-order valence-electron chi connectivity index (χ2n) is 4.36. The van der Waals surface area contributed by atoms with Crippen molar-refractivity contribution in [2.45, 2.75) is 44.4 Å². The molecular weight excluding hydrogens is 314 g/mol. The van der Waals surface area contributed by atoms with Gasteiger partial charge >= 0.3 is 0 Å². The average Bonchev–Trinajstić information content (AvgIpc) is 2.78. The molecule has 0 fully saturated rings. The van der Waals surface area contributed by atoms with Crippen LogP contribution in [0.15, 0.2) is 15.9 Å². The first kappa shape index (κ1) is 15.5. The van der Waals surface area contributed by atoms with E-state index in [1.807, 2.05) is 23.1 Å². The minimum Gasteiger partial charge on any atom is -0.308 e. The topological polar surface area (TPSA) is 12.0 Å². The second kappa shape index (κ2) is 7.17. The van der Waals surface area contributed by atoms with E-state index in [4.69, 9.17) is 0 Å². The Morgan fingerprint density at radius 1 is 1.47 bits per heavy atom. The van der Waals surface area contributed by atoms with Gasteiger partial charge in [-0.2, -0.15) is 11.8 Å². The maximum absolute atomic E-state index is 3.67. The summed E-state index contributed by atoms with van der Waals surface area (Å²) in [6.45, 7) is 7.90. The summed E-state index contributed by atoms with van der Waals surface area (Å²) >= 11 is 7.32. The third kappa shape index (κ3) is 4.27. The number of hydrogen-bond acceptors (Lipinski definition) is 3. The number of thiophene rings is 1. The summed E-state index contributed by atoms with van der Waals surface area (Å²) in [7, 11) is 0. The first-order valence-corrected chi connectivity index (χ1v) is 8.99. The van der Waals surface area contributed by atoms with Crippen LogP contribution in [0.1, 0.15) is 44.5 Å². The quantitative estimate of drug-likeness (QED) is 0.745. The van der Waals surface area contributed by atoms with Crippen molar-refractivity contribution in [3.63, 3.8) is 0 Å². The number of nitrogens with one attached hydrogen (secondary N) is 1. The molecule has 0 saturated heterocycles. The first-order valence-electron chi connectivity index (χ1n) is 6.09. The van der Waals surface area contributed by atoms with Crippen molar-refractivity contribution in [3.8, 4) is 0 Å². The molecule has 1 heterocycles. The maximum Gasteiger partial charge on any atom is 0.0386 e. The highest BCUT2D eigenvalue weighted by atomic mass is 79.9. The largest absolute Gasteiger partial charge is 0.308 e. The van der Waals surface area contributed by atoms with Crippen LogP contribution >= 0.6 is 39.0 Å². The summed E-state index contributed by atoms with van der Waals surface area (Å²) in [6, 6.07) is 2.65. The molecule has 0 saturated carbocycles. The lowest BCUT2D eigenvalue weighted by Gasteiger charge is -2.31. The van der Waals surface area contributed by atoms with E-state index in [0.29, 0.717) is 10.8 Å². The summed E-state index contributed by atoms with van der Waals surface area (Å²) in [6.07, 6.45) is 4.66. The molecule has 0 aliphatic heterocycles. The molecule has 0 bridgehead atoms. The molecule has 0 aliphatic carbocycles. The van der Waals surface area contributed by atoms with E-state index in [9.17, 15) is 0 Å². The van der Waals surface area contributed by atoms with Gasteiger partial charge in [-0.05, 0) is 48.0 Å². The molecule has 0 spiro atoms. The van der Waals surface area contributed by atoms with Crippen LogP contribution in [0.25, 0.3) is 0 Å². The standard InChI is InChI=1S/C13H22BrNS2/c1-5-13(6-2,16-4)9-15-10(3)12-7-11(14)8-17-12/h7-8,10,15H,5-6,9H2,1-4H3. The van der Waals surface area contributed by atoms with Gasteiger partial charge in [0.15, 0.2) is 0 Å². The summed E-state index contributed by atoms with van der Waals surface area (Å²) in [4.78, 5) is 1.40. The Morgan fingerprint density at radius 2 is 2.12 bits per heavy atom. The van der Waals surface area contributed by atoms with Crippen LogP contribution < -0.4 is 5.32 Å². The maximum atomic E-state index is 3.67. The monoisotopic (exact) mass is 335 g/mol. The molecule has 1 rings (SSSR count). The van der Waals surface area contributed by atoms with Crippen molar-refractivity contribution in [1.29, 1.82) is 0 Å². The van der Waals surface area contributed by atoms with E-state index in [1.54, 1.807) is 0 Å². The molecule has 0 aliphatic rings. The normalized spacial score (nSPS) is 13.9. The van der Waals surface area contributed by atoms with Gasteiger partial charge in [-0.3, -0.25) is 0 Å². The van der Waals surface area contributed by atoms with E-state index in [2.05, 4.69) is 59.7 Å². The zero-order valence-electron chi connectivity index (χ0n) is 11.0. The SMILES string of the molecule is CCC(CC)(CNC(C)c1cc(Br)cs1)SC. The Labute approximate surface area is 122 Å². The third-order valence-corrected chi connectivity index (χ3v) is 6.93. The van der Waals surface area contributed by atoms with Gasteiger partial charge in [-0.25, -0.2) is 0 Å². The van der Waals surface area contributed by atoms with Crippen molar-refractivity contribution in [2.24, 2.45) is 0 Å². The number of hydrogen-bond donors (Lipinski definition) is 1. The minimum absolute atomic E-state index is 0.392. The molecule has 1 atom stereocenters. The zero-order valence-corrected chi connectivity index (χ0v) is 14.3. The lowest BCUT2D eigenvalue weighted by atomic mass is 10.0. The van der Waals surface area contributed by atoms with Crippen LogP contribution in [-0.4, -0.2) is 17.5 Å². The zero-order chi connectivity index (χ0) is 12.9. The lowest BCUT2D eigenvalue weighted by molar-refractivity contribution is 0.462. The molecule has 1 unspecified atom stereocenters. The Hall–Kier alpha value is 0.490. The fourth-order valence-corrected chi connectivity index (χ4v) is 4.14. The Kier molecular flexibility index (Phi) is 6.56. The van der Waals surface area contributed by atoms with E-state index in [-0.39, 0.29) is 0 Å².